The molecule has 110 valence electrons. The first kappa shape index (κ1) is 14.8. The molecule has 2 aliphatic heterocycles. The summed E-state index contributed by atoms with van der Waals surface area (Å²) in [5.74, 6) is -0.147. The van der Waals surface area contributed by atoms with E-state index >= 15 is 0 Å². The van der Waals surface area contributed by atoms with Crippen molar-refractivity contribution in [1.29, 1.82) is 0 Å². The van der Waals surface area contributed by atoms with Gasteiger partial charge in [-0.25, -0.2) is 0 Å². The second kappa shape index (κ2) is 6.20. The number of nitrogens with one attached hydrogen (secondary N) is 1. The Morgan fingerprint density at radius 3 is 2.89 bits per heavy atom. The number of likely N-dealkylation sites (N-methyl/N-ethyl adjacent to an activating group) is 1. The molecule has 5 heteroatoms. The number of nitrogens with zero attached hydrogens (tertiary/aromatic N) is 2. The van der Waals surface area contributed by atoms with Gasteiger partial charge in [-0.05, 0) is 40.3 Å². The van der Waals surface area contributed by atoms with Crippen LogP contribution < -0.4 is 5.32 Å². The molecule has 0 amide bonds. The molecule has 0 aromatic carbocycles. The van der Waals surface area contributed by atoms with Crippen molar-refractivity contribution in [1.82, 2.24) is 15.1 Å². The lowest BCUT2D eigenvalue weighted by Crippen LogP contribution is -2.60. The number of ether oxygens (including phenoxy) is 1. The molecule has 0 aromatic heterocycles. The van der Waals surface area contributed by atoms with Crippen molar-refractivity contribution in [3.63, 3.8) is 0 Å². The van der Waals surface area contributed by atoms with Crippen LogP contribution in [0.2, 0.25) is 0 Å². The van der Waals surface area contributed by atoms with E-state index < -0.39 is 5.54 Å². The summed E-state index contributed by atoms with van der Waals surface area (Å²) in [5, 5.41) is 3.14. The van der Waals surface area contributed by atoms with Gasteiger partial charge in [0.25, 0.3) is 0 Å². The third-order valence-corrected chi connectivity index (χ3v) is 4.49. The molecular weight excluding hydrogens is 242 g/mol. The molecule has 0 bridgehead atoms. The van der Waals surface area contributed by atoms with Gasteiger partial charge in [0.1, 0.15) is 5.54 Å². The highest BCUT2D eigenvalue weighted by Gasteiger charge is 2.38. The quantitative estimate of drug-likeness (QED) is 0.728. The van der Waals surface area contributed by atoms with Crippen molar-refractivity contribution >= 4 is 5.97 Å². The smallest absolute Gasteiger partial charge is 0.327 e. The second-order valence-corrected chi connectivity index (χ2v) is 5.87. The SMILES string of the molecule is CCOC(=O)C(C)(CN1CCN2CCCC2C1)NC. The minimum absolute atomic E-state index is 0.147. The minimum atomic E-state index is -0.600. The number of fused-ring (bicyclic) bond motifs is 1. The van der Waals surface area contributed by atoms with E-state index in [1.807, 2.05) is 20.9 Å². The Labute approximate surface area is 116 Å². The number of piperazine rings is 1. The zero-order valence-corrected chi connectivity index (χ0v) is 12.4. The predicted molar refractivity (Wildman–Crippen MR) is 75.1 cm³/mol. The lowest BCUT2D eigenvalue weighted by Gasteiger charge is -2.41. The van der Waals surface area contributed by atoms with Crippen LogP contribution in [0.15, 0.2) is 0 Å². The van der Waals surface area contributed by atoms with E-state index in [0.717, 1.165) is 26.2 Å². The van der Waals surface area contributed by atoms with Gasteiger partial charge in [-0.2, -0.15) is 0 Å². The average molecular weight is 269 g/mol. The van der Waals surface area contributed by atoms with Crippen LogP contribution in [0.5, 0.6) is 0 Å². The molecule has 5 nitrogen and oxygen atoms in total. The van der Waals surface area contributed by atoms with Gasteiger partial charge < -0.3 is 10.1 Å². The van der Waals surface area contributed by atoms with Crippen LogP contribution in [-0.4, -0.2) is 73.7 Å². The fourth-order valence-electron chi connectivity index (χ4n) is 3.18. The van der Waals surface area contributed by atoms with E-state index in [1.165, 1.54) is 19.4 Å². The highest BCUT2D eigenvalue weighted by Crippen LogP contribution is 2.22. The van der Waals surface area contributed by atoms with Crippen molar-refractivity contribution in [2.24, 2.45) is 0 Å². The molecule has 0 aliphatic carbocycles. The van der Waals surface area contributed by atoms with Gasteiger partial charge in [-0.15, -0.1) is 0 Å². The van der Waals surface area contributed by atoms with E-state index in [9.17, 15) is 4.79 Å². The molecule has 2 heterocycles. The number of hydrogen-bond acceptors (Lipinski definition) is 5. The first-order valence-corrected chi connectivity index (χ1v) is 7.41. The van der Waals surface area contributed by atoms with Crippen LogP contribution in [0.1, 0.15) is 26.7 Å². The second-order valence-electron chi connectivity index (χ2n) is 5.87. The lowest BCUT2D eigenvalue weighted by molar-refractivity contribution is -0.151. The van der Waals surface area contributed by atoms with Crippen molar-refractivity contribution in [2.75, 3.05) is 46.4 Å². The van der Waals surface area contributed by atoms with Crippen molar-refractivity contribution in [3.05, 3.63) is 0 Å². The zero-order valence-electron chi connectivity index (χ0n) is 12.4. The van der Waals surface area contributed by atoms with Gasteiger partial charge in [0.05, 0.1) is 6.61 Å². The molecule has 2 rings (SSSR count). The molecule has 0 spiro atoms. The summed E-state index contributed by atoms with van der Waals surface area (Å²) >= 11 is 0. The van der Waals surface area contributed by atoms with Gasteiger partial charge in [0.15, 0.2) is 0 Å². The van der Waals surface area contributed by atoms with E-state index in [-0.39, 0.29) is 5.97 Å². The Bertz CT molecular complexity index is 324. The average Bonchev–Trinajstić information content (AvgIpc) is 2.86. The van der Waals surface area contributed by atoms with E-state index in [1.54, 1.807) is 0 Å². The van der Waals surface area contributed by atoms with Crippen LogP contribution in [0.3, 0.4) is 0 Å². The number of rotatable bonds is 5. The summed E-state index contributed by atoms with van der Waals surface area (Å²) in [6.07, 6.45) is 2.62. The van der Waals surface area contributed by atoms with Gasteiger partial charge in [0.2, 0.25) is 0 Å². The Morgan fingerprint density at radius 1 is 1.42 bits per heavy atom. The summed E-state index contributed by atoms with van der Waals surface area (Å²) in [5.41, 5.74) is -0.600. The highest BCUT2D eigenvalue weighted by molar-refractivity contribution is 5.80. The molecule has 1 N–H and O–H groups in total. The number of carbonyl (C=O) groups excluding carboxylic acids is 1. The summed E-state index contributed by atoms with van der Waals surface area (Å²) in [6, 6.07) is 0.692. The predicted octanol–water partition coefficient (Wildman–Crippen LogP) is 0.308. The van der Waals surface area contributed by atoms with Gasteiger partial charge >= 0.3 is 5.97 Å². The highest BCUT2D eigenvalue weighted by atomic mass is 16.5. The maximum Gasteiger partial charge on any atom is 0.327 e. The monoisotopic (exact) mass is 269 g/mol. The zero-order chi connectivity index (χ0) is 13.9. The van der Waals surface area contributed by atoms with Crippen LogP contribution in [0.4, 0.5) is 0 Å². The van der Waals surface area contributed by atoms with Crippen molar-refractivity contribution in [2.45, 2.75) is 38.3 Å². The molecule has 0 radical (unpaired) electrons. The van der Waals surface area contributed by atoms with Crippen LogP contribution in [-0.2, 0) is 9.53 Å². The fraction of sp³-hybridized carbons (Fsp3) is 0.929. The molecule has 2 atom stereocenters. The molecule has 2 saturated heterocycles. The van der Waals surface area contributed by atoms with Gasteiger partial charge in [0, 0.05) is 32.2 Å². The maximum atomic E-state index is 12.1. The van der Waals surface area contributed by atoms with E-state index in [4.69, 9.17) is 4.74 Å². The summed E-state index contributed by atoms with van der Waals surface area (Å²) < 4.78 is 5.19. The molecule has 0 saturated carbocycles. The van der Waals surface area contributed by atoms with Crippen LogP contribution in [0.25, 0.3) is 0 Å². The minimum Gasteiger partial charge on any atom is -0.465 e. The van der Waals surface area contributed by atoms with Crippen molar-refractivity contribution in [3.8, 4) is 0 Å². The summed E-state index contributed by atoms with van der Waals surface area (Å²) in [6.45, 7) is 9.47. The Kier molecular flexibility index (Phi) is 4.81. The standard InChI is InChI=1S/C14H27N3O2/c1-4-19-13(18)14(2,15-3)11-16-8-9-17-7-5-6-12(17)10-16/h12,15H,4-11H2,1-3H3. The number of hydrogen-bond donors (Lipinski definition) is 1. The topological polar surface area (TPSA) is 44.8 Å². The molecule has 19 heavy (non-hydrogen) atoms. The van der Waals surface area contributed by atoms with Crippen LogP contribution >= 0.6 is 0 Å². The number of esters is 1. The Balaban J connectivity index is 1.92. The molecule has 2 fully saturated rings. The lowest BCUT2D eigenvalue weighted by atomic mass is 10.0. The summed E-state index contributed by atoms with van der Waals surface area (Å²) in [4.78, 5) is 17.1. The van der Waals surface area contributed by atoms with E-state index in [0.29, 0.717) is 12.6 Å². The molecule has 2 aliphatic rings. The third-order valence-electron chi connectivity index (χ3n) is 4.49. The third kappa shape index (κ3) is 3.27. The van der Waals surface area contributed by atoms with E-state index in [2.05, 4.69) is 15.1 Å². The first-order valence-electron chi connectivity index (χ1n) is 7.41. The van der Waals surface area contributed by atoms with Gasteiger partial charge in [-0.3, -0.25) is 14.6 Å². The normalized spacial score (nSPS) is 27.8. The maximum absolute atomic E-state index is 12.1. The fourth-order valence-corrected chi connectivity index (χ4v) is 3.18. The van der Waals surface area contributed by atoms with Gasteiger partial charge in [-0.1, -0.05) is 0 Å². The molecular formula is C14H27N3O2. The largest absolute Gasteiger partial charge is 0.465 e. The number of carbonyl (C=O) groups is 1. The summed E-state index contributed by atoms with van der Waals surface area (Å²) in [7, 11) is 1.84. The van der Waals surface area contributed by atoms with Crippen LogP contribution in [0, 0.1) is 0 Å². The van der Waals surface area contributed by atoms with Crippen molar-refractivity contribution < 1.29 is 9.53 Å². The molecule has 0 aromatic rings. The first-order chi connectivity index (χ1) is 9.09. The Hall–Kier alpha value is -0.650. The molecule has 2 unspecified atom stereocenters. The Morgan fingerprint density at radius 2 is 2.21 bits per heavy atom.